The van der Waals surface area contributed by atoms with Crippen molar-refractivity contribution in [1.82, 2.24) is 14.9 Å². The van der Waals surface area contributed by atoms with Crippen LogP contribution in [0.4, 0.5) is 11.4 Å². The zero-order chi connectivity index (χ0) is 33.9. The number of hydrogen-bond donors (Lipinski definition) is 3. The van der Waals surface area contributed by atoms with Gasteiger partial charge in [-0.05, 0) is 48.4 Å². The van der Waals surface area contributed by atoms with Crippen LogP contribution in [0.2, 0.25) is 10.0 Å². The van der Waals surface area contributed by atoms with E-state index in [9.17, 15) is 14.4 Å². The fraction of sp³-hybridized carbons (Fsp3) is 0.371. The highest BCUT2D eigenvalue weighted by molar-refractivity contribution is 6.36. The van der Waals surface area contributed by atoms with Crippen LogP contribution in [-0.2, 0) is 33.8 Å². The number of carbonyl (C=O) groups excluding carboxylic acids is 3. The molecule has 0 atom stereocenters. The number of rotatable bonds is 10. The number of anilines is 2. The van der Waals surface area contributed by atoms with Gasteiger partial charge in [-0.2, -0.15) is 0 Å². The highest BCUT2D eigenvalue weighted by atomic mass is 35.5. The number of aromatic nitrogens is 2. The number of fused-ring (bicyclic) bond motifs is 1. The van der Waals surface area contributed by atoms with E-state index in [1.54, 1.807) is 18.2 Å². The molecule has 1 aliphatic rings. The molecule has 0 bridgehead atoms. The van der Waals surface area contributed by atoms with E-state index in [1.807, 2.05) is 62.6 Å². The first-order valence-corrected chi connectivity index (χ1v) is 16.3. The summed E-state index contributed by atoms with van der Waals surface area (Å²) >= 11 is 13.6. The van der Waals surface area contributed by atoms with Crippen LogP contribution in [-0.4, -0.2) is 53.6 Å². The average molecular weight is 680 g/mol. The van der Waals surface area contributed by atoms with Crippen LogP contribution in [0.1, 0.15) is 60.1 Å². The maximum Gasteiger partial charge on any atom is 0.257 e. The number of amides is 3. The molecule has 0 unspecified atom stereocenters. The number of carbonyl (C=O) groups is 3. The number of primary amides is 1. The van der Waals surface area contributed by atoms with Gasteiger partial charge in [-0.15, -0.1) is 0 Å². The van der Waals surface area contributed by atoms with E-state index in [0.29, 0.717) is 70.1 Å². The monoisotopic (exact) mass is 678 g/mol. The Labute approximate surface area is 284 Å². The zero-order valence-electron chi connectivity index (χ0n) is 27.1. The van der Waals surface area contributed by atoms with Crippen molar-refractivity contribution in [2.75, 3.05) is 36.5 Å². The number of nitrogens with one attached hydrogen (secondary N) is 2. The Bertz CT molecular complexity index is 1810. The second-order valence-electron chi connectivity index (χ2n) is 12.8. The van der Waals surface area contributed by atoms with Crippen molar-refractivity contribution in [2.45, 2.75) is 53.6 Å². The molecule has 0 radical (unpaired) electrons. The van der Waals surface area contributed by atoms with E-state index >= 15 is 0 Å². The molecule has 3 amide bonds. The van der Waals surface area contributed by atoms with Crippen LogP contribution in [0.5, 0.6) is 0 Å². The zero-order valence-corrected chi connectivity index (χ0v) is 28.6. The average Bonchev–Trinajstić information content (AvgIpc) is 3.37. The largest absolute Gasteiger partial charge is 0.378 e. The van der Waals surface area contributed by atoms with Crippen molar-refractivity contribution in [1.29, 1.82) is 0 Å². The second kappa shape index (κ2) is 14.3. The van der Waals surface area contributed by atoms with Crippen molar-refractivity contribution in [3.8, 4) is 0 Å². The molecule has 2 heterocycles. The molecule has 3 aromatic carbocycles. The van der Waals surface area contributed by atoms with Gasteiger partial charge in [0.15, 0.2) is 0 Å². The summed E-state index contributed by atoms with van der Waals surface area (Å²) in [6.07, 6.45) is 0.325. The predicted octanol–water partition coefficient (Wildman–Crippen LogP) is 5.87. The summed E-state index contributed by atoms with van der Waals surface area (Å²) in [7, 11) is 0. The number of benzene rings is 3. The lowest BCUT2D eigenvalue weighted by Gasteiger charge is -2.30. The third kappa shape index (κ3) is 8.06. The Balaban J connectivity index is 1.57. The number of aryl methyl sites for hydroxylation is 2. The molecule has 1 aliphatic heterocycles. The molecule has 1 fully saturated rings. The minimum absolute atomic E-state index is 0.0847. The smallest absolute Gasteiger partial charge is 0.257 e. The Morgan fingerprint density at radius 3 is 2.38 bits per heavy atom. The van der Waals surface area contributed by atoms with Gasteiger partial charge in [0.25, 0.3) is 5.91 Å². The fourth-order valence-corrected chi connectivity index (χ4v) is 6.01. The lowest BCUT2D eigenvalue weighted by atomic mass is 9.95. The molecule has 12 heteroatoms. The van der Waals surface area contributed by atoms with Crippen LogP contribution in [0.25, 0.3) is 11.0 Å². The van der Waals surface area contributed by atoms with Crippen molar-refractivity contribution < 1.29 is 19.1 Å². The van der Waals surface area contributed by atoms with E-state index < -0.39 is 11.3 Å². The number of morpholine rings is 1. The number of halogens is 2. The van der Waals surface area contributed by atoms with E-state index in [-0.39, 0.29) is 37.7 Å². The summed E-state index contributed by atoms with van der Waals surface area (Å²) in [5.41, 5.74) is 10.7. The molecule has 248 valence electrons. The molecule has 1 aromatic heterocycles. The maximum absolute atomic E-state index is 13.8. The number of hydrogen-bond acceptors (Lipinski definition) is 6. The lowest BCUT2D eigenvalue weighted by molar-refractivity contribution is -0.128. The van der Waals surface area contributed by atoms with Crippen LogP contribution < -0.4 is 21.3 Å². The van der Waals surface area contributed by atoms with Crippen molar-refractivity contribution in [3.05, 3.63) is 86.7 Å². The van der Waals surface area contributed by atoms with Gasteiger partial charge >= 0.3 is 0 Å². The molecule has 0 saturated carbocycles. The Morgan fingerprint density at radius 1 is 1.02 bits per heavy atom. The molecular weight excluding hydrogens is 639 g/mol. The quantitative estimate of drug-likeness (QED) is 0.192. The minimum Gasteiger partial charge on any atom is -0.378 e. The van der Waals surface area contributed by atoms with E-state index in [4.69, 9.17) is 38.7 Å². The molecule has 4 N–H and O–H groups in total. The fourth-order valence-electron chi connectivity index (χ4n) is 5.44. The van der Waals surface area contributed by atoms with Gasteiger partial charge in [-0.1, -0.05) is 67.7 Å². The van der Waals surface area contributed by atoms with E-state index in [0.717, 1.165) is 16.8 Å². The van der Waals surface area contributed by atoms with Gasteiger partial charge in [-0.25, -0.2) is 4.98 Å². The summed E-state index contributed by atoms with van der Waals surface area (Å²) in [5, 5.41) is 6.83. The highest BCUT2D eigenvalue weighted by Crippen LogP contribution is 2.34. The summed E-state index contributed by atoms with van der Waals surface area (Å²) in [6, 6.07) is 14.9. The molecule has 47 heavy (non-hydrogen) atoms. The number of ether oxygens (including phenoxy) is 1. The van der Waals surface area contributed by atoms with Crippen LogP contribution in [0.3, 0.4) is 0 Å². The normalized spacial score (nSPS) is 13.5. The van der Waals surface area contributed by atoms with Gasteiger partial charge in [0.05, 0.1) is 40.5 Å². The number of nitrogens with zero attached hydrogens (tertiary/aromatic N) is 3. The summed E-state index contributed by atoms with van der Waals surface area (Å²) in [4.78, 5) is 45.3. The second-order valence-corrected chi connectivity index (χ2v) is 13.6. The third-order valence-electron chi connectivity index (χ3n) is 8.15. The first kappa shape index (κ1) is 34.2. The van der Waals surface area contributed by atoms with Gasteiger partial charge in [0.1, 0.15) is 5.82 Å². The van der Waals surface area contributed by atoms with Crippen LogP contribution in [0, 0.1) is 12.3 Å². The van der Waals surface area contributed by atoms with E-state index in [2.05, 4.69) is 15.5 Å². The summed E-state index contributed by atoms with van der Waals surface area (Å²) < 4.78 is 7.53. The maximum atomic E-state index is 13.8. The van der Waals surface area contributed by atoms with Crippen LogP contribution in [0.15, 0.2) is 48.5 Å². The SMILES string of the molecule is Cc1ccc(NC(=O)c2cc3nc(Cc4c(Cl)ccc(CNC(=O)C(C)(C)C)c4Cl)n(CCC(N)=O)c3cc2N2CCOCC2)cc1. The molecule has 1 saturated heterocycles. The van der Waals surface area contributed by atoms with Gasteiger partial charge in [-0.3, -0.25) is 14.4 Å². The van der Waals surface area contributed by atoms with Crippen LogP contribution >= 0.6 is 23.2 Å². The molecule has 5 rings (SSSR count). The third-order valence-corrected chi connectivity index (χ3v) is 8.98. The van der Waals surface area contributed by atoms with E-state index in [1.165, 1.54) is 0 Å². The highest BCUT2D eigenvalue weighted by Gasteiger charge is 2.25. The summed E-state index contributed by atoms with van der Waals surface area (Å²) in [6.45, 7) is 10.3. The molecule has 0 aliphatic carbocycles. The standard InChI is InChI=1S/C35H40Cl2N6O4/c1-21-5-8-23(9-6-21)40-33(45)25-17-27-29(19-28(25)42-13-15-47-16-14-42)43(12-11-30(38)44)31(41-27)18-24-26(36)10-7-22(32(24)37)20-39-34(46)35(2,3)4/h5-10,17,19H,11-16,18,20H2,1-4H3,(H2,38,44)(H,39,46)(H,40,45). The Morgan fingerprint density at radius 2 is 1.72 bits per heavy atom. The topological polar surface area (TPSA) is 132 Å². The lowest BCUT2D eigenvalue weighted by Crippen LogP contribution is -2.37. The Kier molecular flexibility index (Phi) is 10.4. The van der Waals surface area contributed by atoms with Crippen molar-refractivity contribution in [3.63, 3.8) is 0 Å². The molecule has 0 spiro atoms. The Hall–Kier alpha value is -4.12. The van der Waals surface area contributed by atoms with Gasteiger partial charge in [0.2, 0.25) is 11.8 Å². The van der Waals surface area contributed by atoms with Gasteiger partial charge in [0, 0.05) is 55.1 Å². The molecule has 4 aromatic rings. The minimum atomic E-state index is -0.553. The van der Waals surface area contributed by atoms with Crippen molar-refractivity contribution in [2.24, 2.45) is 11.1 Å². The first-order chi connectivity index (χ1) is 22.3. The van der Waals surface area contributed by atoms with Crippen molar-refractivity contribution >= 4 is 63.3 Å². The molecular formula is C35H40Cl2N6O4. The molecule has 10 nitrogen and oxygen atoms in total. The summed E-state index contributed by atoms with van der Waals surface area (Å²) in [5.74, 6) is -0.212. The number of imidazole rings is 1. The number of nitrogens with two attached hydrogens (primary N) is 1. The van der Waals surface area contributed by atoms with Gasteiger partial charge < -0.3 is 30.6 Å². The predicted molar refractivity (Wildman–Crippen MR) is 186 cm³/mol. The first-order valence-electron chi connectivity index (χ1n) is 15.6.